The zero-order chi connectivity index (χ0) is 23.8. The number of hydrogen-bond acceptors (Lipinski definition) is 7. The quantitative estimate of drug-likeness (QED) is 0.319. The highest BCUT2D eigenvalue weighted by Gasteiger charge is 2.35. The van der Waals surface area contributed by atoms with Crippen LogP contribution in [0.5, 0.6) is 5.88 Å². The summed E-state index contributed by atoms with van der Waals surface area (Å²) in [5, 5.41) is 15.6. The minimum absolute atomic E-state index is 0.0276. The van der Waals surface area contributed by atoms with Crippen LogP contribution in [0.25, 0.3) is 0 Å². The molecule has 0 amide bonds. The summed E-state index contributed by atoms with van der Waals surface area (Å²) < 4.78 is 33.7. The first-order valence-electron chi connectivity index (χ1n) is 9.71. The Hall–Kier alpha value is -3.53. The second kappa shape index (κ2) is 8.19. The van der Waals surface area contributed by atoms with Crippen molar-refractivity contribution in [1.29, 1.82) is 0 Å². The molecule has 32 heavy (non-hydrogen) atoms. The van der Waals surface area contributed by atoms with Crippen LogP contribution in [0.15, 0.2) is 58.3 Å². The SMILES string of the molecule is Cc1ccc(C(=O)Oc2c(S(=O)(=O)c3ccccc3)c(C)nn2C(C)(C)C)cc1[N+](=O)[O-]. The standard InChI is InChI=1S/C22H23N3O6S/c1-14-11-12-16(13-18(14)25(27)28)21(26)31-20-19(15(2)23-24(20)22(3,4)5)32(29,30)17-9-7-6-8-10-17/h6-13H,1-5H3. The average Bonchev–Trinajstić information content (AvgIpc) is 3.05. The Morgan fingerprint density at radius 3 is 2.28 bits per heavy atom. The molecule has 9 nitrogen and oxygen atoms in total. The number of benzene rings is 2. The van der Waals surface area contributed by atoms with Crippen LogP contribution in [0.1, 0.15) is 42.4 Å². The number of ether oxygens (including phenoxy) is 1. The van der Waals surface area contributed by atoms with Gasteiger partial charge in [-0.05, 0) is 52.8 Å². The average molecular weight is 458 g/mol. The van der Waals surface area contributed by atoms with Crippen molar-refractivity contribution < 1.29 is 22.9 Å². The zero-order valence-corrected chi connectivity index (χ0v) is 19.1. The van der Waals surface area contributed by atoms with Gasteiger partial charge in [0.25, 0.3) is 5.69 Å². The third-order valence-electron chi connectivity index (χ3n) is 4.75. The van der Waals surface area contributed by atoms with Crippen molar-refractivity contribution in [3.05, 3.63) is 75.5 Å². The van der Waals surface area contributed by atoms with Crippen molar-refractivity contribution in [2.45, 2.75) is 49.9 Å². The van der Waals surface area contributed by atoms with Gasteiger partial charge in [-0.1, -0.05) is 24.3 Å². The molecular formula is C22H23N3O6S. The monoisotopic (exact) mass is 457 g/mol. The van der Waals surface area contributed by atoms with Crippen molar-refractivity contribution in [1.82, 2.24) is 9.78 Å². The fraction of sp³-hybridized carbons (Fsp3) is 0.273. The molecule has 0 atom stereocenters. The Morgan fingerprint density at radius 2 is 1.72 bits per heavy atom. The molecule has 0 aliphatic heterocycles. The van der Waals surface area contributed by atoms with E-state index in [0.29, 0.717) is 5.56 Å². The van der Waals surface area contributed by atoms with Gasteiger partial charge in [-0.15, -0.1) is 0 Å². The van der Waals surface area contributed by atoms with E-state index < -0.39 is 26.3 Å². The van der Waals surface area contributed by atoms with Gasteiger partial charge in [0.15, 0.2) is 4.90 Å². The Labute approximate surface area is 185 Å². The second-order valence-electron chi connectivity index (χ2n) is 8.27. The first-order chi connectivity index (χ1) is 14.8. The predicted octanol–water partition coefficient (Wildman–Crippen LogP) is 4.22. The van der Waals surface area contributed by atoms with Gasteiger partial charge in [-0.3, -0.25) is 10.1 Å². The molecule has 0 spiro atoms. The lowest BCUT2D eigenvalue weighted by atomic mass is 10.1. The summed E-state index contributed by atoms with van der Waals surface area (Å²) in [5.74, 6) is -1.17. The molecule has 0 saturated heterocycles. The van der Waals surface area contributed by atoms with E-state index in [0.717, 1.165) is 6.07 Å². The summed E-state index contributed by atoms with van der Waals surface area (Å²) in [5.41, 5.74) is -0.484. The van der Waals surface area contributed by atoms with Gasteiger partial charge in [-0.2, -0.15) is 5.10 Å². The van der Waals surface area contributed by atoms with E-state index in [1.165, 1.54) is 35.9 Å². The summed E-state index contributed by atoms with van der Waals surface area (Å²) in [7, 11) is -4.06. The van der Waals surface area contributed by atoms with E-state index >= 15 is 0 Å². The highest BCUT2D eigenvalue weighted by atomic mass is 32.2. The predicted molar refractivity (Wildman–Crippen MR) is 117 cm³/mol. The van der Waals surface area contributed by atoms with E-state index in [-0.39, 0.29) is 32.6 Å². The van der Waals surface area contributed by atoms with Crippen molar-refractivity contribution in [3.63, 3.8) is 0 Å². The molecule has 0 bridgehead atoms. The number of carbonyl (C=O) groups excluding carboxylic acids is 1. The normalized spacial score (nSPS) is 11.9. The van der Waals surface area contributed by atoms with Gasteiger partial charge < -0.3 is 4.74 Å². The molecule has 0 aliphatic rings. The van der Waals surface area contributed by atoms with Gasteiger partial charge in [0.2, 0.25) is 15.7 Å². The van der Waals surface area contributed by atoms with E-state index in [2.05, 4.69) is 5.10 Å². The first kappa shape index (κ1) is 23.1. The number of aromatic nitrogens is 2. The lowest BCUT2D eigenvalue weighted by molar-refractivity contribution is -0.385. The summed E-state index contributed by atoms with van der Waals surface area (Å²) >= 11 is 0. The molecule has 1 aromatic heterocycles. The molecule has 3 rings (SSSR count). The number of carbonyl (C=O) groups is 1. The molecule has 10 heteroatoms. The van der Waals surface area contributed by atoms with Crippen molar-refractivity contribution in [3.8, 4) is 5.88 Å². The maximum Gasteiger partial charge on any atom is 0.345 e. The number of nitro benzene ring substituents is 1. The van der Waals surface area contributed by atoms with Crippen LogP contribution in [-0.2, 0) is 15.4 Å². The van der Waals surface area contributed by atoms with Crippen LogP contribution in [0.2, 0.25) is 0 Å². The van der Waals surface area contributed by atoms with Crippen LogP contribution in [0, 0.1) is 24.0 Å². The first-order valence-corrected chi connectivity index (χ1v) is 11.2. The number of aryl methyl sites for hydroxylation is 2. The number of rotatable bonds is 5. The molecule has 1 heterocycles. The molecule has 0 unspecified atom stereocenters. The lowest BCUT2D eigenvalue weighted by Gasteiger charge is -2.22. The zero-order valence-electron chi connectivity index (χ0n) is 18.3. The topological polar surface area (TPSA) is 121 Å². The minimum Gasteiger partial charge on any atom is -0.403 e. The van der Waals surface area contributed by atoms with Gasteiger partial charge in [0, 0.05) is 11.6 Å². The highest BCUT2D eigenvalue weighted by Crippen LogP contribution is 2.36. The largest absolute Gasteiger partial charge is 0.403 e. The summed E-state index contributed by atoms with van der Waals surface area (Å²) in [6, 6.07) is 11.7. The minimum atomic E-state index is -4.06. The molecule has 0 radical (unpaired) electrons. The van der Waals surface area contributed by atoms with Gasteiger partial charge in [0.1, 0.15) is 0 Å². The number of nitro groups is 1. The van der Waals surface area contributed by atoms with E-state index in [9.17, 15) is 23.3 Å². The maximum absolute atomic E-state index is 13.4. The van der Waals surface area contributed by atoms with E-state index in [1.807, 2.05) is 0 Å². The van der Waals surface area contributed by atoms with Gasteiger partial charge in [-0.25, -0.2) is 17.9 Å². The highest BCUT2D eigenvalue weighted by molar-refractivity contribution is 7.91. The van der Waals surface area contributed by atoms with E-state index in [4.69, 9.17) is 4.74 Å². The Morgan fingerprint density at radius 1 is 1.09 bits per heavy atom. The molecular weight excluding hydrogens is 434 g/mol. The number of esters is 1. The fourth-order valence-corrected chi connectivity index (χ4v) is 4.68. The third kappa shape index (κ3) is 4.26. The summed E-state index contributed by atoms with van der Waals surface area (Å²) in [4.78, 5) is 23.4. The van der Waals surface area contributed by atoms with Crippen molar-refractivity contribution in [2.24, 2.45) is 0 Å². The van der Waals surface area contributed by atoms with Crippen LogP contribution < -0.4 is 4.74 Å². The second-order valence-corrected chi connectivity index (χ2v) is 10.2. The summed E-state index contributed by atoms with van der Waals surface area (Å²) in [6.07, 6.45) is 0. The van der Waals surface area contributed by atoms with Gasteiger partial charge in [0.05, 0.1) is 26.6 Å². The Kier molecular flexibility index (Phi) is 5.92. The van der Waals surface area contributed by atoms with Crippen LogP contribution in [0.4, 0.5) is 5.69 Å². The molecule has 0 aliphatic carbocycles. The number of nitrogens with zero attached hydrogens (tertiary/aromatic N) is 3. The molecule has 3 aromatic rings. The maximum atomic E-state index is 13.4. The molecule has 168 valence electrons. The molecule has 0 saturated carbocycles. The molecule has 0 fully saturated rings. The number of hydrogen-bond donors (Lipinski definition) is 0. The van der Waals surface area contributed by atoms with Gasteiger partial charge >= 0.3 is 5.97 Å². The smallest absolute Gasteiger partial charge is 0.345 e. The fourth-order valence-electron chi connectivity index (χ4n) is 3.14. The van der Waals surface area contributed by atoms with Crippen molar-refractivity contribution in [2.75, 3.05) is 0 Å². The number of sulfone groups is 1. The lowest BCUT2D eigenvalue weighted by Crippen LogP contribution is -2.26. The van der Waals surface area contributed by atoms with Crippen LogP contribution in [-0.4, -0.2) is 29.1 Å². The van der Waals surface area contributed by atoms with Crippen LogP contribution >= 0.6 is 0 Å². The van der Waals surface area contributed by atoms with Crippen molar-refractivity contribution >= 4 is 21.5 Å². The van der Waals surface area contributed by atoms with E-state index in [1.54, 1.807) is 45.9 Å². The Balaban J connectivity index is 2.17. The third-order valence-corrected chi connectivity index (χ3v) is 6.65. The molecule has 2 aromatic carbocycles. The molecule has 0 N–H and O–H groups in total. The summed E-state index contributed by atoms with van der Waals surface area (Å²) in [6.45, 7) is 8.42. The Bertz CT molecular complexity index is 1310. The van der Waals surface area contributed by atoms with Crippen LogP contribution in [0.3, 0.4) is 0 Å².